The molecule has 1 fully saturated rings. The molecule has 3 aromatic heterocycles. The predicted molar refractivity (Wildman–Crippen MR) is 117 cm³/mol. The summed E-state index contributed by atoms with van der Waals surface area (Å²) in [6.45, 7) is -0.0997. The lowest BCUT2D eigenvalue weighted by atomic mass is 10.1. The van der Waals surface area contributed by atoms with Crippen molar-refractivity contribution in [1.82, 2.24) is 29.3 Å². The second kappa shape index (κ2) is 8.54. The number of alkyl halides is 1. The van der Waals surface area contributed by atoms with Gasteiger partial charge in [0, 0.05) is 24.2 Å². The highest BCUT2D eigenvalue weighted by molar-refractivity contribution is 6.09. The molecule has 0 aliphatic carbocycles. The van der Waals surface area contributed by atoms with E-state index in [0.29, 0.717) is 11.4 Å². The number of rotatable bonds is 6. The van der Waals surface area contributed by atoms with Gasteiger partial charge in [0.2, 0.25) is 5.91 Å². The van der Waals surface area contributed by atoms with E-state index in [4.69, 9.17) is 4.74 Å². The van der Waals surface area contributed by atoms with Crippen molar-refractivity contribution in [2.45, 2.75) is 12.7 Å². The molecule has 1 aliphatic heterocycles. The fourth-order valence-corrected chi connectivity index (χ4v) is 3.70. The molecule has 4 aromatic rings. The SMILES string of the molecule is COc1ccc(F)cc1-c1nn(CC(=O)N2CC(F)C2)cc1NC(=O)c1cnn2cccnc12. The number of nitrogens with zero attached hydrogens (tertiary/aromatic N) is 6. The van der Waals surface area contributed by atoms with E-state index < -0.39 is 17.9 Å². The zero-order valence-corrected chi connectivity index (χ0v) is 18.0. The maximum Gasteiger partial charge on any atom is 0.261 e. The second-order valence-corrected chi connectivity index (χ2v) is 7.73. The molecule has 0 radical (unpaired) electrons. The van der Waals surface area contributed by atoms with Gasteiger partial charge in [0.25, 0.3) is 5.91 Å². The Balaban J connectivity index is 1.50. The summed E-state index contributed by atoms with van der Waals surface area (Å²) in [6.07, 6.45) is 5.01. The van der Waals surface area contributed by atoms with Crippen molar-refractivity contribution in [2.24, 2.45) is 0 Å². The highest BCUT2D eigenvalue weighted by atomic mass is 19.1. The largest absolute Gasteiger partial charge is 0.496 e. The number of hydrogen-bond acceptors (Lipinski definition) is 6. The Morgan fingerprint density at radius 3 is 2.88 bits per heavy atom. The molecular formula is C22H19F2N7O3. The number of anilines is 1. The number of methoxy groups -OCH3 is 1. The molecule has 4 heterocycles. The topological polar surface area (TPSA) is 107 Å². The second-order valence-electron chi connectivity index (χ2n) is 7.73. The van der Waals surface area contributed by atoms with E-state index in [0.717, 1.165) is 0 Å². The Kier molecular flexibility index (Phi) is 5.40. The molecule has 174 valence electrons. The standard InChI is InChI=1S/C22H19F2N7O3/c1-34-18-4-3-13(23)7-15(18)20-17(11-30(28-20)12-19(32)29-9-14(24)10-29)27-22(33)16-8-26-31-6-2-5-25-21(16)31/h2-8,11,14H,9-10,12H2,1H3,(H,27,33). The molecule has 5 rings (SSSR count). The first-order valence-electron chi connectivity index (χ1n) is 10.4. The van der Waals surface area contributed by atoms with Crippen LogP contribution in [0.2, 0.25) is 0 Å². The quantitative estimate of drug-likeness (QED) is 0.466. The van der Waals surface area contributed by atoms with Gasteiger partial charge in [-0.2, -0.15) is 10.2 Å². The zero-order chi connectivity index (χ0) is 23.8. The van der Waals surface area contributed by atoms with Gasteiger partial charge in [0.15, 0.2) is 5.65 Å². The third-order valence-corrected chi connectivity index (χ3v) is 5.44. The third kappa shape index (κ3) is 3.93. The highest BCUT2D eigenvalue weighted by Crippen LogP contribution is 2.35. The van der Waals surface area contributed by atoms with E-state index in [9.17, 15) is 18.4 Å². The van der Waals surface area contributed by atoms with Gasteiger partial charge in [-0.25, -0.2) is 18.3 Å². The number of amides is 2. The summed E-state index contributed by atoms with van der Waals surface area (Å²) >= 11 is 0. The van der Waals surface area contributed by atoms with Crippen LogP contribution in [0.4, 0.5) is 14.5 Å². The van der Waals surface area contributed by atoms with E-state index in [1.54, 1.807) is 12.3 Å². The molecular weight excluding hydrogens is 448 g/mol. The number of ether oxygens (including phenoxy) is 1. The van der Waals surface area contributed by atoms with Crippen molar-refractivity contribution in [1.29, 1.82) is 0 Å². The highest BCUT2D eigenvalue weighted by Gasteiger charge is 2.31. The number of fused-ring (bicyclic) bond motifs is 1. The van der Waals surface area contributed by atoms with E-state index in [1.807, 2.05) is 0 Å². The molecule has 2 amide bonds. The Bertz CT molecular complexity index is 1390. The van der Waals surface area contributed by atoms with Crippen LogP contribution in [0.3, 0.4) is 0 Å². The van der Waals surface area contributed by atoms with Crippen LogP contribution in [0.25, 0.3) is 16.9 Å². The van der Waals surface area contributed by atoms with Gasteiger partial charge < -0.3 is 15.0 Å². The van der Waals surface area contributed by atoms with Crippen molar-refractivity contribution >= 4 is 23.1 Å². The Labute approximate surface area is 191 Å². The molecule has 1 saturated heterocycles. The number of likely N-dealkylation sites (tertiary alicyclic amines) is 1. The fourth-order valence-electron chi connectivity index (χ4n) is 3.70. The van der Waals surface area contributed by atoms with E-state index in [-0.39, 0.29) is 48.0 Å². The normalized spacial score (nSPS) is 13.7. The van der Waals surface area contributed by atoms with E-state index in [2.05, 4.69) is 20.5 Å². The molecule has 0 bridgehead atoms. The lowest BCUT2D eigenvalue weighted by molar-refractivity contribution is -0.139. The summed E-state index contributed by atoms with van der Waals surface area (Å²) < 4.78 is 35.3. The Morgan fingerprint density at radius 2 is 2.12 bits per heavy atom. The Morgan fingerprint density at radius 1 is 1.29 bits per heavy atom. The summed E-state index contributed by atoms with van der Waals surface area (Å²) in [4.78, 5) is 31.0. The average molecular weight is 467 g/mol. The van der Waals surface area contributed by atoms with Gasteiger partial charge in [0.1, 0.15) is 35.5 Å². The molecule has 1 aliphatic rings. The first-order chi connectivity index (χ1) is 16.4. The van der Waals surface area contributed by atoms with Gasteiger partial charge in [0.05, 0.1) is 32.1 Å². The molecule has 1 aromatic carbocycles. The number of hydrogen-bond donors (Lipinski definition) is 1. The minimum absolute atomic E-state index is 0.0377. The summed E-state index contributed by atoms with van der Waals surface area (Å²) in [5, 5.41) is 11.3. The van der Waals surface area contributed by atoms with Gasteiger partial charge in [-0.05, 0) is 24.3 Å². The molecule has 10 nitrogen and oxygen atoms in total. The number of carbonyl (C=O) groups excluding carboxylic acids is 2. The molecule has 0 atom stereocenters. The first kappa shape index (κ1) is 21.5. The van der Waals surface area contributed by atoms with E-state index >= 15 is 0 Å². The molecule has 12 heteroatoms. The smallest absolute Gasteiger partial charge is 0.261 e. The van der Waals surface area contributed by atoms with Crippen molar-refractivity contribution in [3.05, 3.63) is 60.4 Å². The lowest BCUT2D eigenvalue weighted by Gasteiger charge is -2.34. The summed E-state index contributed by atoms with van der Waals surface area (Å²) in [5.41, 5.74) is 1.29. The van der Waals surface area contributed by atoms with Crippen molar-refractivity contribution in [2.75, 3.05) is 25.5 Å². The molecule has 0 saturated carbocycles. The average Bonchev–Trinajstić information content (AvgIpc) is 3.40. The fraction of sp³-hybridized carbons (Fsp3) is 0.227. The summed E-state index contributed by atoms with van der Waals surface area (Å²) in [5.74, 6) is -1.03. The van der Waals surface area contributed by atoms with Crippen molar-refractivity contribution < 1.29 is 23.1 Å². The molecule has 0 spiro atoms. The lowest BCUT2D eigenvalue weighted by Crippen LogP contribution is -2.52. The maximum atomic E-state index is 14.1. The van der Waals surface area contributed by atoms with Crippen LogP contribution in [0.15, 0.2) is 49.1 Å². The van der Waals surface area contributed by atoms with Crippen LogP contribution < -0.4 is 10.1 Å². The van der Waals surface area contributed by atoms with Crippen LogP contribution >= 0.6 is 0 Å². The summed E-state index contributed by atoms with van der Waals surface area (Å²) in [6, 6.07) is 5.59. The van der Waals surface area contributed by atoms with Crippen LogP contribution in [-0.2, 0) is 11.3 Å². The Hall–Kier alpha value is -4.35. The number of halogens is 2. The number of benzene rings is 1. The monoisotopic (exact) mass is 467 g/mol. The maximum absolute atomic E-state index is 14.1. The minimum Gasteiger partial charge on any atom is -0.496 e. The predicted octanol–water partition coefficient (Wildman–Crippen LogP) is 2.17. The molecule has 1 N–H and O–H groups in total. The number of aromatic nitrogens is 5. The van der Waals surface area contributed by atoms with Crippen LogP contribution in [-0.4, -0.2) is 67.5 Å². The number of carbonyl (C=O) groups is 2. The summed E-state index contributed by atoms with van der Waals surface area (Å²) in [7, 11) is 1.43. The van der Waals surface area contributed by atoms with Crippen LogP contribution in [0.5, 0.6) is 5.75 Å². The molecule has 34 heavy (non-hydrogen) atoms. The van der Waals surface area contributed by atoms with Gasteiger partial charge in [-0.1, -0.05) is 0 Å². The van der Waals surface area contributed by atoms with E-state index in [1.165, 1.54) is 58.0 Å². The number of nitrogens with one attached hydrogen (secondary N) is 1. The van der Waals surface area contributed by atoms with Crippen LogP contribution in [0.1, 0.15) is 10.4 Å². The molecule has 0 unspecified atom stereocenters. The van der Waals surface area contributed by atoms with Gasteiger partial charge in [-0.15, -0.1) is 0 Å². The van der Waals surface area contributed by atoms with Gasteiger partial charge in [-0.3, -0.25) is 14.3 Å². The first-order valence-corrected chi connectivity index (χ1v) is 10.4. The van der Waals surface area contributed by atoms with Crippen LogP contribution in [0, 0.1) is 5.82 Å². The zero-order valence-electron chi connectivity index (χ0n) is 18.0. The van der Waals surface area contributed by atoms with Crippen molar-refractivity contribution in [3.63, 3.8) is 0 Å². The van der Waals surface area contributed by atoms with Gasteiger partial charge >= 0.3 is 0 Å². The van der Waals surface area contributed by atoms with Crippen molar-refractivity contribution in [3.8, 4) is 17.0 Å². The minimum atomic E-state index is -1.03. The third-order valence-electron chi connectivity index (χ3n) is 5.44.